The maximum absolute atomic E-state index is 12.5. The number of rotatable bonds is 4. The third-order valence-corrected chi connectivity index (χ3v) is 4.97. The van der Waals surface area contributed by atoms with E-state index in [2.05, 4.69) is 15.0 Å². The first-order valence-corrected chi connectivity index (χ1v) is 8.29. The van der Waals surface area contributed by atoms with Crippen molar-refractivity contribution in [2.75, 3.05) is 11.3 Å². The SMILES string of the molecule is O=S(=O)(Nc1nocc1C1CC1)c1cnn2c1OCCC2. The van der Waals surface area contributed by atoms with Crippen molar-refractivity contribution in [3.63, 3.8) is 0 Å². The van der Waals surface area contributed by atoms with Gasteiger partial charge in [0.15, 0.2) is 10.7 Å². The lowest BCUT2D eigenvalue weighted by Crippen LogP contribution is -2.19. The second kappa shape index (κ2) is 4.48. The van der Waals surface area contributed by atoms with Crippen LogP contribution in [0.4, 0.5) is 5.82 Å². The highest BCUT2D eigenvalue weighted by Crippen LogP contribution is 2.43. The summed E-state index contributed by atoms with van der Waals surface area (Å²) in [5, 5.41) is 7.80. The molecule has 2 aromatic rings. The second-order valence-corrected chi connectivity index (χ2v) is 6.89. The van der Waals surface area contributed by atoms with Gasteiger partial charge in [-0.25, -0.2) is 13.1 Å². The largest absolute Gasteiger partial charge is 0.477 e. The topological polar surface area (TPSA) is 99.3 Å². The Morgan fingerprint density at radius 3 is 3.05 bits per heavy atom. The van der Waals surface area contributed by atoms with E-state index >= 15 is 0 Å². The van der Waals surface area contributed by atoms with Gasteiger partial charge < -0.3 is 9.26 Å². The maximum Gasteiger partial charge on any atom is 0.270 e. The van der Waals surface area contributed by atoms with Gasteiger partial charge in [0.25, 0.3) is 10.0 Å². The molecule has 0 radical (unpaired) electrons. The molecule has 1 aliphatic carbocycles. The smallest absolute Gasteiger partial charge is 0.270 e. The van der Waals surface area contributed by atoms with E-state index in [4.69, 9.17) is 9.26 Å². The molecule has 0 aromatic carbocycles. The van der Waals surface area contributed by atoms with E-state index in [1.807, 2.05) is 0 Å². The number of fused-ring (bicyclic) bond motifs is 1. The second-order valence-electron chi connectivity index (χ2n) is 5.24. The highest BCUT2D eigenvalue weighted by Gasteiger charge is 2.32. The van der Waals surface area contributed by atoms with E-state index in [-0.39, 0.29) is 16.6 Å². The van der Waals surface area contributed by atoms with Crippen LogP contribution in [-0.2, 0) is 16.6 Å². The van der Waals surface area contributed by atoms with Crippen molar-refractivity contribution in [1.29, 1.82) is 0 Å². The number of hydrogen-bond acceptors (Lipinski definition) is 6. The predicted octanol–water partition coefficient (Wildman–Crippen LogP) is 1.33. The lowest BCUT2D eigenvalue weighted by Gasteiger charge is -2.16. The van der Waals surface area contributed by atoms with Crippen LogP contribution in [0.1, 0.15) is 30.7 Å². The Labute approximate surface area is 121 Å². The zero-order valence-electron chi connectivity index (χ0n) is 11.2. The highest BCUT2D eigenvalue weighted by molar-refractivity contribution is 7.92. The van der Waals surface area contributed by atoms with Crippen molar-refractivity contribution in [1.82, 2.24) is 14.9 Å². The number of anilines is 1. The first-order valence-electron chi connectivity index (χ1n) is 6.81. The van der Waals surface area contributed by atoms with Crippen LogP contribution in [0.2, 0.25) is 0 Å². The molecule has 1 aliphatic heterocycles. The van der Waals surface area contributed by atoms with Crippen LogP contribution in [0.15, 0.2) is 21.9 Å². The fourth-order valence-electron chi connectivity index (χ4n) is 2.42. The molecule has 2 aromatic heterocycles. The molecule has 112 valence electrons. The average molecular weight is 310 g/mol. The molecule has 0 amide bonds. The molecule has 1 fully saturated rings. The third-order valence-electron chi connectivity index (χ3n) is 3.65. The predicted molar refractivity (Wildman–Crippen MR) is 71.6 cm³/mol. The zero-order chi connectivity index (χ0) is 14.4. The van der Waals surface area contributed by atoms with Gasteiger partial charge in [0.1, 0.15) is 6.26 Å². The van der Waals surface area contributed by atoms with Crippen LogP contribution in [0.5, 0.6) is 5.88 Å². The van der Waals surface area contributed by atoms with Crippen LogP contribution in [0.3, 0.4) is 0 Å². The lowest BCUT2D eigenvalue weighted by molar-refractivity contribution is 0.224. The standard InChI is InChI=1S/C12H14N4O4S/c17-21(18,10-6-13-16-4-1-5-19-12(10)16)15-11-9(7-20-14-11)8-2-3-8/h6-8H,1-5H2,(H,14,15). The van der Waals surface area contributed by atoms with Crippen molar-refractivity contribution in [2.24, 2.45) is 0 Å². The summed E-state index contributed by atoms with van der Waals surface area (Å²) in [6.45, 7) is 1.15. The Balaban J connectivity index is 1.67. The third kappa shape index (κ3) is 2.17. The Hall–Kier alpha value is -2.03. The Kier molecular flexibility index (Phi) is 2.71. The number of ether oxygens (including phenoxy) is 1. The summed E-state index contributed by atoms with van der Waals surface area (Å²) in [6.07, 6.45) is 5.68. The summed E-state index contributed by atoms with van der Waals surface area (Å²) < 4.78 is 39.4. The molecule has 3 heterocycles. The first-order chi connectivity index (χ1) is 10.1. The quantitative estimate of drug-likeness (QED) is 0.914. The number of nitrogens with zero attached hydrogens (tertiary/aromatic N) is 3. The molecule has 1 saturated carbocycles. The van der Waals surface area contributed by atoms with E-state index in [1.165, 1.54) is 12.5 Å². The van der Waals surface area contributed by atoms with E-state index in [0.717, 1.165) is 24.8 Å². The van der Waals surface area contributed by atoms with Crippen molar-refractivity contribution in [3.8, 4) is 5.88 Å². The van der Waals surface area contributed by atoms with Gasteiger partial charge in [-0.15, -0.1) is 0 Å². The molecular formula is C12H14N4O4S. The van der Waals surface area contributed by atoms with Gasteiger partial charge in [-0.2, -0.15) is 5.10 Å². The average Bonchev–Trinajstić information content (AvgIpc) is 3.04. The summed E-state index contributed by atoms with van der Waals surface area (Å²) in [4.78, 5) is 0.0342. The molecule has 9 heteroatoms. The Morgan fingerprint density at radius 1 is 1.38 bits per heavy atom. The van der Waals surface area contributed by atoms with E-state index in [0.29, 0.717) is 19.1 Å². The molecule has 0 saturated heterocycles. The highest BCUT2D eigenvalue weighted by atomic mass is 32.2. The Morgan fingerprint density at radius 2 is 2.24 bits per heavy atom. The maximum atomic E-state index is 12.5. The summed E-state index contributed by atoms with van der Waals surface area (Å²) >= 11 is 0. The first kappa shape index (κ1) is 12.7. The van der Waals surface area contributed by atoms with Crippen molar-refractivity contribution < 1.29 is 17.7 Å². The normalized spacial score (nSPS) is 18.1. The number of hydrogen-bond donors (Lipinski definition) is 1. The van der Waals surface area contributed by atoms with Crippen LogP contribution in [0.25, 0.3) is 0 Å². The molecule has 0 unspecified atom stereocenters. The molecule has 4 rings (SSSR count). The van der Waals surface area contributed by atoms with E-state index < -0.39 is 10.0 Å². The number of nitrogens with one attached hydrogen (secondary N) is 1. The molecule has 21 heavy (non-hydrogen) atoms. The van der Waals surface area contributed by atoms with Gasteiger partial charge in [-0.05, 0) is 18.8 Å². The van der Waals surface area contributed by atoms with Gasteiger partial charge in [0, 0.05) is 18.5 Å². The van der Waals surface area contributed by atoms with Crippen molar-refractivity contribution >= 4 is 15.8 Å². The fraction of sp³-hybridized carbons (Fsp3) is 0.500. The van der Waals surface area contributed by atoms with Gasteiger partial charge in [-0.3, -0.25) is 4.72 Å². The lowest BCUT2D eigenvalue weighted by atomic mass is 10.2. The van der Waals surface area contributed by atoms with Crippen molar-refractivity contribution in [2.45, 2.75) is 36.6 Å². The molecule has 0 atom stereocenters. The zero-order valence-corrected chi connectivity index (χ0v) is 12.0. The van der Waals surface area contributed by atoms with Gasteiger partial charge >= 0.3 is 0 Å². The molecule has 1 N–H and O–H groups in total. The fourth-order valence-corrected chi connectivity index (χ4v) is 3.52. The number of sulfonamides is 1. The van der Waals surface area contributed by atoms with E-state index in [9.17, 15) is 8.42 Å². The molecule has 0 bridgehead atoms. The summed E-state index contributed by atoms with van der Waals surface area (Å²) in [5.41, 5.74) is 0.806. The van der Waals surface area contributed by atoms with Crippen LogP contribution >= 0.6 is 0 Å². The van der Waals surface area contributed by atoms with Gasteiger partial charge in [-0.1, -0.05) is 5.16 Å². The molecule has 2 aliphatic rings. The minimum absolute atomic E-state index is 0.0342. The van der Waals surface area contributed by atoms with E-state index in [1.54, 1.807) is 4.68 Å². The van der Waals surface area contributed by atoms with Crippen molar-refractivity contribution in [3.05, 3.63) is 18.0 Å². The van der Waals surface area contributed by atoms with Gasteiger partial charge in [0.2, 0.25) is 5.88 Å². The monoisotopic (exact) mass is 310 g/mol. The van der Waals surface area contributed by atoms with Gasteiger partial charge in [0.05, 0.1) is 12.8 Å². The van der Waals surface area contributed by atoms with Crippen LogP contribution in [-0.4, -0.2) is 30.0 Å². The number of aryl methyl sites for hydroxylation is 1. The number of aromatic nitrogens is 3. The molecule has 8 nitrogen and oxygen atoms in total. The minimum Gasteiger partial charge on any atom is -0.477 e. The minimum atomic E-state index is -3.79. The van der Waals surface area contributed by atoms with Crippen LogP contribution < -0.4 is 9.46 Å². The molecule has 0 spiro atoms. The summed E-state index contributed by atoms with van der Waals surface area (Å²) in [6, 6.07) is 0. The summed E-state index contributed by atoms with van der Waals surface area (Å²) in [5.74, 6) is 0.879. The summed E-state index contributed by atoms with van der Waals surface area (Å²) in [7, 11) is -3.79. The Bertz CT molecular complexity index is 775. The molecular weight excluding hydrogens is 296 g/mol. The van der Waals surface area contributed by atoms with Crippen LogP contribution in [0, 0.1) is 0 Å².